The van der Waals surface area contributed by atoms with E-state index in [9.17, 15) is 0 Å². The number of halogens is 1. The second-order valence-corrected chi connectivity index (χ2v) is 3.47. The van der Waals surface area contributed by atoms with Crippen molar-refractivity contribution >= 4 is 15.9 Å². The van der Waals surface area contributed by atoms with E-state index in [1.54, 1.807) is 6.33 Å². The molecule has 0 amide bonds. The van der Waals surface area contributed by atoms with Crippen LogP contribution < -0.4 is 0 Å². The zero-order valence-corrected chi connectivity index (χ0v) is 8.37. The van der Waals surface area contributed by atoms with Gasteiger partial charge in [0.15, 0.2) is 0 Å². The van der Waals surface area contributed by atoms with E-state index in [2.05, 4.69) is 33.1 Å². The molecule has 0 aliphatic heterocycles. The summed E-state index contributed by atoms with van der Waals surface area (Å²) < 4.78 is 1.96. The maximum Gasteiger partial charge on any atom is 0.132 e. The summed E-state index contributed by atoms with van der Waals surface area (Å²) in [5.41, 5.74) is 0. The lowest BCUT2D eigenvalue weighted by Crippen LogP contribution is -2.06. The van der Waals surface area contributed by atoms with E-state index < -0.39 is 0 Å². The minimum atomic E-state index is 0.623. The number of rotatable bonds is 3. The Morgan fingerprint density at radius 1 is 1.73 bits per heavy atom. The zero-order chi connectivity index (χ0) is 8.27. The van der Waals surface area contributed by atoms with Crippen LogP contribution in [0.15, 0.2) is 6.33 Å². The van der Waals surface area contributed by atoms with Crippen molar-refractivity contribution in [3.63, 3.8) is 0 Å². The van der Waals surface area contributed by atoms with E-state index in [0.717, 1.165) is 17.6 Å². The highest BCUT2D eigenvalue weighted by Gasteiger charge is 2.05. The Bertz CT molecular complexity index is 221. The first-order chi connectivity index (χ1) is 5.24. The lowest BCUT2D eigenvalue weighted by atomic mass is 10.1. The van der Waals surface area contributed by atoms with Crippen LogP contribution in [0, 0.1) is 5.92 Å². The average molecular weight is 218 g/mol. The minimum Gasteiger partial charge on any atom is -0.321 e. The van der Waals surface area contributed by atoms with Crippen molar-refractivity contribution in [3.05, 3.63) is 12.2 Å². The van der Waals surface area contributed by atoms with Gasteiger partial charge in [0.2, 0.25) is 0 Å². The van der Waals surface area contributed by atoms with Crippen LogP contribution in [0.3, 0.4) is 0 Å². The molecule has 1 atom stereocenters. The molecule has 3 nitrogen and oxygen atoms in total. The molecule has 0 saturated carbocycles. The van der Waals surface area contributed by atoms with Gasteiger partial charge in [-0.25, -0.2) is 0 Å². The van der Waals surface area contributed by atoms with Gasteiger partial charge in [-0.05, 0) is 5.92 Å². The number of aromatic nitrogens is 3. The van der Waals surface area contributed by atoms with Crippen molar-refractivity contribution < 1.29 is 0 Å². The van der Waals surface area contributed by atoms with Crippen LogP contribution in [0.25, 0.3) is 0 Å². The fraction of sp³-hybridized carbons (Fsp3) is 0.714. The fourth-order valence-corrected chi connectivity index (χ4v) is 1.09. The Hall–Kier alpha value is -0.380. The Morgan fingerprint density at radius 2 is 2.45 bits per heavy atom. The van der Waals surface area contributed by atoms with Crippen molar-refractivity contribution in [3.8, 4) is 0 Å². The van der Waals surface area contributed by atoms with Gasteiger partial charge in [0.1, 0.15) is 12.2 Å². The normalized spacial score (nSPS) is 13.4. The summed E-state index contributed by atoms with van der Waals surface area (Å²) in [4.78, 5) is 0. The number of aryl methyl sites for hydroxylation is 1. The summed E-state index contributed by atoms with van der Waals surface area (Å²) in [6.45, 7) is 2.18. The predicted molar refractivity (Wildman–Crippen MR) is 47.7 cm³/mol. The van der Waals surface area contributed by atoms with E-state index in [4.69, 9.17) is 0 Å². The van der Waals surface area contributed by atoms with Gasteiger partial charge in [-0.1, -0.05) is 22.9 Å². The molecule has 0 saturated heterocycles. The SMILES string of the molecule is CC(CBr)Cc1nncn1C. The standard InChI is InChI=1S/C7H12BrN3/c1-6(4-8)3-7-10-9-5-11(7)2/h5-6H,3-4H2,1-2H3. The topological polar surface area (TPSA) is 30.7 Å². The van der Waals surface area contributed by atoms with Crippen molar-refractivity contribution in [2.24, 2.45) is 13.0 Å². The minimum absolute atomic E-state index is 0.623. The van der Waals surface area contributed by atoms with Crippen LogP contribution in [0.5, 0.6) is 0 Å². The summed E-state index contributed by atoms with van der Waals surface area (Å²) in [6, 6.07) is 0. The summed E-state index contributed by atoms with van der Waals surface area (Å²) in [5, 5.41) is 8.82. The van der Waals surface area contributed by atoms with Gasteiger partial charge in [-0.3, -0.25) is 0 Å². The highest BCUT2D eigenvalue weighted by Crippen LogP contribution is 2.06. The molecule has 0 bridgehead atoms. The third kappa shape index (κ3) is 2.29. The molecule has 1 rings (SSSR count). The van der Waals surface area contributed by atoms with E-state index in [1.165, 1.54) is 0 Å². The molecule has 0 aromatic carbocycles. The number of alkyl halides is 1. The monoisotopic (exact) mass is 217 g/mol. The summed E-state index contributed by atoms with van der Waals surface area (Å²) >= 11 is 3.43. The molecule has 0 aliphatic rings. The Kier molecular flexibility index (Phi) is 3.05. The maximum atomic E-state index is 4.00. The molecule has 0 fully saturated rings. The van der Waals surface area contributed by atoms with Crippen molar-refractivity contribution in [1.82, 2.24) is 14.8 Å². The molecule has 0 radical (unpaired) electrons. The second-order valence-electron chi connectivity index (χ2n) is 2.82. The molecule has 1 aromatic heterocycles. The van der Waals surface area contributed by atoms with E-state index in [0.29, 0.717) is 5.92 Å². The Balaban J connectivity index is 2.56. The predicted octanol–water partition coefficient (Wildman–Crippen LogP) is 1.39. The lowest BCUT2D eigenvalue weighted by molar-refractivity contribution is 0.613. The lowest BCUT2D eigenvalue weighted by Gasteiger charge is -2.04. The molecule has 0 aliphatic carbocycles. The van der Waals surface area contributed by atoms with Gasteiger partial charge in [0.25, 0.3) is 0 Å². The molecule has 1 unspecified atom stereocenters. The second kappa shape index (κ2) is 3.85. The van der Waals surface area contributed by atoms with Crippen LogP contribution in [-0.4, -0.2) is 20.1 Å². The van der Waals surface area contributed by atoms with Gasteiger partial charge >= 0.3 is 0 Å². The summed E-state index contributed by atoms with van der Waals surface area (Å²) in [6.07, 6.45) is 2.72. The largest absolute Gasteiger partial charge is 0.321 e. The highest BCUT2D eigenvalue weighted by molar-refractivity contribution is 9.09. The first-order valence-corrected chi connectivity index (χ1v) is 4.75. The van der Waals surface area contributed by atoms with Crippen LogP contribution >= 0.6 is 15.9 Å². The molecule has 1 aromatic rings. The molecule has 62 valence electrons. The first kappa shape index (κ1) is 8.71. The number of hydrogen-bond acceptors (Lipinski definition) is 2. The highest BCUT2D eigenvalue weighted by atomic mass is 79.9. The molecule has 11 heavy (non-hydrogen) atoms. The summed E-state index contributed by atoms with van der Waals surface area (Å²) in [7, 11) is 1.97. The van der Waals surface area contributed by atoms with Crippen LogP contribution in [0.2, 0.25) is 0 Å². The third-order valence-electron chi connectivity index (χ3n) is 1.60. The Labute approximate surface area is 75.0 Å². The first-order valence-electron chi connectivity index (χ1n) is 3.63. The average Bonchev–Trinajstić information content (AvgIpc) is 2.37. The van der Waals surface area contributed by atoms with E-state index in [1.807, 2.05) is 11.6 Å². The molecular weight excluding hydrogens is 206 g/mol. The number of nitrogens with zero attached hydrogens (tertiary/aromatic N) is 3. The van der Waals surface area contributed by atoms with Crippen LogP contribution in [-0.2, 0) is 13.5 Å². The van der Waals surface area contributed by atoms with Gasteiger partial charge < -0.3 is 4.57 Å². The zero-order valence-electron chi connectivity index (χ0n) is 6.79. The maximum absolute atomic E-state index is 4.00. The molecule has 0 N–H and O–H groups in total. The molecule has 4 heteroatoms. The summed E-state index contributed by atoms with van der Waals surface area (Å²) in [5.74, 6) is 1.68. The number of hydrogen-bond donors (Lipinski definition) is 0. The van der Waals surface area contributed by atoms with Crippen molar-refractivity contribution in [2.45, 2.75) is 13.3 Å². The molecule has 0 spiro atoms. The third-order valence-corrected chi connectivity index (χ3v) is 2.70. The van der Waals surface area contributed by atoms with Gasteiger partial charge in [0.05, 0.1) is 0 Å². The van der Waals surface area contributed by atoms with Crippen LogP contribution in [0.4, 0.5) is 0 Å². The Morgan fingerprint density at radius 3 is 2.91 bits per heavy atom. The van der Waals surface area contributed by atoms with Gasteiger partial charge in [0, 0.05) is 18.8 Å². The van der Waals surface area contributed by atoms with E-state index >= 15 is 0 Å². The molecular formula is C7H12BrN3. The smallest absolute Gasteiger partial charge is 0.132 e. The van der Waals surface area contributed by atoms with Crippen LogP contribution in [0.1, 0.15) is 12.7 Å². The van der Waals surface area contributed by atoms with Crippen molar-refractivity contribution in [2.75, 3.05) is 5.33 Å². The molecule has 1 heterocycles. The quantitative estimate of drug-likeness (QED) is 0.717. The van der Waals surface area contributed by atoms with Gasteiger partial charge in [-0.15, -0.1) is 10.2 Å². The van der Waals surface area contributed by atoms with Crippen molar-refractivity contribution in [1.29, 1.82) is 0 Å². The van der Waals surface area contributed by atoms with Gasteiger partial charge in [-0.2, -0.15) is 0 Å². The van der Waals surface area contributed by atoms with E-state index in [-0.39, 0.29) is 0 Å². The fourth-order valence-electron chi connectivity index (χ4n) is 0.858.